The minimum atomic E-state index is -2.13. The van der Waals surface area contributed by atoms with Crippen LogP contribution >= 0.6 is 0 Å². The minimum Gasteiger partial charge on any atom is -0.430 e. The molecule has 1 aromatic carbocycles. The maximum Gasteiger partial charge on any atom is 0.333 e. The van der Waals surface area contributed by atoms with Crippen molar-refractivity contribution in [3.8, 4) is 0 Å². The maximum atomic E-state index is 11.5. The third-order valence-electron chi connectivity index (χ3n) is 3.02. The average molecular weight is 328 g/mol. The van der Waals surface area contributed by atoms with E-state index in [4.69, 9.17) is 10.2 Å². The molecule has 0 aliphatic rings. The van der Waals surface area contributed by atoms with Crippen molar-refractivity contribution < 1.29 is 40.2 Å². The number of carbonyl (C=O) groups is 1. The average Bonchev–Trinajstić information content (AvgIpc) is 2.58. The van der Waals surface area contributed by atoms with Gasteiger partial charge in [0.2, 0.25) is 6.29 Å². The van der Waals surface area contributed by atoms with E-state index in [0.717, 1.165) is 6.08 Å². The zero-order chi connectivity index (χ0) is 17.4. The first-order valence-corrected chi connectivity index (χ1v) is 6.81. The molecule has 0 saturated carbocycles. The summed E-state index contributed by atoms with van der Waals surface area (Å²) in [5, 5.41) is 55.8. The Kier molecular flexibility index (Phi) is 7.83. The molecule has 1 rings (SSSR count). The number of aliphatic hydroxyl groups is 6. The van der Waals surface area contributed by atoms with Crippen molar-refractivity contribution in [3.63, 3.8) is 0 Å². The number of esters is 1. The van der Waals surface area contributed by atoms with Crippen LogP contribution in [0.1, 0.15) is 5.56 Å². The lowest BCUT2D eigenvalue weighted by atomic mass is 10.0. The van der Waals surface area contributed by atoms with Gasteiger partial charge >= 0.3 is 5.97 Å². The first kappa shape index (κ1) is 19.2. The molecule has 0 aliphatic carbocycles. The number of hydrogen-bond acceptors (Lipinski definition) is 8. The minimum absolute atomic E-state index is 0.709. The third kappa shape index (κ3) is 6.06. The van der Waals surface area contributed by atoms with E-state index in [1.807, 2.05) is 0 Å². The highest BCUT2D eigenvalue weighted by Crippen LogP contribution is 2.10. The quantitative estimate of drug-likeness (QED) is 0.182. The van der Waals surface area contributed by atoms with E-state index < -0.39 is 43.3 Å². The van der Waals surface area contributed by atoms with Crippen LogP contribution in [0.4, 0.5) is 0 Å². The molecule has 0 aliphatic heterocycles. The number of ether oxygens (including phenoxy) is 1. The van der Waals surface area contributed by atoms with Crippen molar-refractivity contribution in [1.29, 1.82) is 0 Å². The monoisotopic (exact) mass is 328 g/mol. The lowest BCUT2D eigenvalue weighted by Gasteiger charge is -2.27. The lowest BCUT2D eigenvalue weighted by molar-refractivity contribution is -0.210. The highest BCUT2D eigenvalue weighted by atomic mass is 16.6. The molecule has 0 fully saturated rings. The van der Waals surface area contributed by atoms with Crippen molar-refractivity contribution in [2.45, 2.75) is 30.7 Å². The van der Waals surface area contributed by atoms with Crippen molar-refractivity contribution in [2.24, 2.45) is 0 Å². The molecule has 8 heteroatoms. The first-order chi connectivity index (χ1) is 10.9. The molecule has 0 saturated heterocycles. The third-order valence-corrected chi connectivity index (χ3v) is 3.02. The van der Waals surface area contributed by atoms with Crippen LogP contribution in [0.25, 0.3) is 6.08 Å². The molecule has 128 valence electrons. The highest BCUT2D eigenvalue weighted by molar-refractivity contribution is 5.87. The van der Waals surface area contributed by atoms with E-state index in [1.54, 1.807) is 30.3 Å². The number of benzene rings is 1. The molecule has 0 bridgehead atoms. The van der Waals surface area contributed by atoms with Crippen LogP contribution in [0.5, 0.6) is 0 Å². The molecule has 23 heavy (non-hydrogen) atoms. The second kappa shape index (κ2) is 9.36. The topological polar surface area (TPSA) is 148 Å². The molecule has 1 aromatic rings. The lowest BCUT2D eigenvalue weighted by Crippen LogP contribution is -2.50. The number of carbonyl (C=O) groups excluding carboxylic acids is 1. The predicted molar refractivity (Wildman–Crippen MR) is 78.7 cm³/mol. The number of aliphatic hydroxyl groups excluding tert-OH is 6. The fourth-order valence-electron chi connectivity index (χ4n) is 1.66. The van der Waals surface area contributed by atoms with Crippen LogP contribution in [-0.4, -0.2) is 73.9 Å². The van der Waals surface area contributed by atoms with Crippen LogP contribution in [0.3, 0.4) is 0 Å². The summed E-state index contributed by atoms with van der Waals surface area (Å²) >= 11 is 0. The van der Waals surface area contributed by atoms with Gasteiger partial charge in [-0.25, -0.2) is 4.79 Å². The van der Waals surface area contributed by atoms with E-state index >= 15 is 0 Å². The van der Waals surface area contributed by atoms with Crippen LogP contribution in [-0.2, 0) is 9.53 Å². The molecular formula is C15H20O8. The van der Waals surface area contributed by atoms with Crippen molar-refractivity contribution in [1.82, 2.24) is 0 Å². The Morgan fingerprint density at radius 3 is 2.17 bits per heavy atom. The molecule has 0 amide bonds. The van der Waals surface area contributed by atoms with E-state index in [0.29, 0.717) is 5.56 Å². The van der Waals surface area contributed by atoms with E-state index in [-0.39, 0.29) is 0 Å². The van der Waals surface area contributed by atoms with E-state index in [9.17, 15) is 25.2 Å². The van der Waals surface area contributed by atoms with Gasteiger partial charge in [0.25, 0.3) is 0 Å². The summed E-state index contributed by atoms with van der Waals surface area (Å²) in [6.45, 7) is -0.860. The Hall–Kier alpha value is -1.81. The van der Waals surface area contributed by atoms with Gasteiger partial charge in [0.15, 0.2) is 0 Å². The second-order valence-corrected chi connectivity index (χ2v) is 4.79. The second-order valence-electron chi connectivity index (χ2n) is 4.79. The van der Waals surface area contributed by atoms with Gasteiger partial charge in [-0.05, 0) is 11.6 Å². The Morgan fingerprint density at radius 2 is 1.61 bits per heavy atom. The van der Waals surface area contributed by atoms with Crippen LogP contribution in [0.2, 0.25) is 0 Å². The van der Waals surface area contributed by atoms with E-state index in [1.165, 1.54) is 6.08 Å². The number of rotatable bonds is 8. The highest BCUT2D eigenvalue weighted by Gasteiger charge is 2.35. The summed E-state index contributed by atoms with van der Waals surface area (Å²) in [7, 11) is 0. The molecule has 0 spiro atoms. The first-order valence-electron chi connectivity index (χ1n) is 6.81. The molecule has 0 radical (unpaired) electrons. The fraction of sp³-hybridized carbons (Fsp3) is 0.400. The summed E-state index contributed by atoms with van der Waals surface area (Å²) < 4.78 is 4.48. The molecule has 8 nitrogen and oxygen atoms in total. The maximum absolute atomic E-state index is 11.5. The molecule has 6 N–H and O–H groups in total. The predicted octanol–water partition coefficient (Wildman–Crippen LogP) is -2.00. The van der Waals surface area contributed by atoms with Gasteiger partial charge in [0, 0.05) is 6.08 Å². The van der Waals surface area contributed by atoms with Gasteiger partial charge in [-0.15, -0.1) is 0 Å². The summed E-state index contributed by atoms with van der Waals surface area (Å²) in [5.74, 6) is -0.982. The van der Waals surface area contributed by atoms with Crippen LogP contribution < -0.4 is 0 Å². The normalized spacial score (nSPS) is 18.2. The Morgan fingerprint density at radius 1 is 1.00 bits per heavy atom. The van der Waals surface area contributed by atoms with Gasteiger partial charge in [0.05, 0.1) is 6.61 Å². The SMILES string of the molecule is O=C(/C=C/c1ccccc1)OC(O)[C@H](O)[C@@H](O)[C@H](O)[C@H](O)CO. The Bertz CT molecular complexity index is 503. The molecule has 0 heterocycles. The van der Waals surface area contributed by atoms with Gasteiger partial charge in [-0.3, -0.25) is 0 Å². The van der Waals surface area contributed by atoms with Crippen molar-refractivity contribution >= 4 is 12.0 Å². The summed E-state index contributed by atoms with van der Waals surface area (Å²) in [4.78, 5) is 11.5. The standard InChI is InChI=1S/C15H20O8/c16-8-10(17)12(19)13(20)14(21)15(22)23-11(18)7-6-9-4-2-1-3-5-9/h1-7,10,12-17,19-22H,8H2/b7-6+/t10-,12-,13+,14-,15?/m1/s1. The van der Waals surface area contributed by atoms with Gasteiger partial charge in [0.1, 0.15) is 24.4 Å². The summed E-state index contributed by atoms with van der Waals surface area (Å²) in [6.07, 6.45) is -7.45. The zero-order valence-electron chi connectivity index (χ0n) is 12.1. The fourth-order valence-corrected chi connectivity index (χ4v) is 1.66. The molecule has 5 atom stereocenters. The Balaban J connectivity index is 2.55. The molecule has 1 unspecified atom stereocenters. The van der Waals surface area contributed by atoms with Crippen LogP contribution in [0.15, 0.2) is 36.4 Å². The van der Waals surface area contributed by atoms with Crippen LogP contribution in [0, 0.1) is 0 Å². The summed E-state index contributed by atoms with van der Waals surface area (Å²) in [5.41, 5.74) is 0.709. The zero-order valence-corrected chi connectivity index (χ0v) is 12.1. The Labute approximate surface area is 132 Å². The number of hydrogen-bond donors (Lipinski definition) is 6. The van der Waals surface area contributed by atoms with Gasteiger partial charge < -0.3 is 35.4 Å². The molecular weight excluding hydrogens is 308 g/mol. The van der Waals surface area contributed by atoms with Crippen molar-refractivity contribution in [2.75, 3.05) is 6.61 Å². The van der Waals surface area contributed by atoms with E-state index in [2.05, 4.69) is 4.74 Å². The van der Waals surface area contributed by atoms with Crippen molar-refractivity contribution in [3.05, 3.63) is 42.0 Å². The summed E-state index contributed by atoms with van der Waals surface area (Å²) in [6, 6.07) is 8.77. The largest absolute Gasteiger partial charge is 0.430 e. The van der Waals surface area contributed by atoms with Gasteiger partial charge in [-0.1, -0.05) is 30.3 Å². The smallest absolute Gasteiger partial charge is 0.333 e. The van der Waals surface area contributed by atoms with Gasteiger partial charge in [-0.2, -0.15) is 0 Å². The molecule has 0 aromatic heterocycles.